The Morgan fingerprint density at radius 1 is 1.59 bits per heavy atom. The van der Waals surface area contributed by atoms with Crippen LogP contribution in [0.3, 0.4) is 0 Å². The maximum Gasteiger partial charge on any atom is 0.131 e. The maximum absolute atomic E-state index is 5.92. The van der Waals surface area contributed by atoms with Gasteiger partial charge >= 0.3 is 0 Å². The second-order valence-corrected chi connectivity index (χ2v) is 4.79. The number of nitrogen functional groups attached to an aromatic ring is 1. The summed E-state index contributed by atoms with van der Waals surface area (Å²) in [5.41, 5.74) is 9.44. The van der Waals surface area contributed by atoms with Gasteiger partial charge < -0.3 is 11.1 Å². The number of allylic oxidation sites excluding steroid dienone is 1. The molecule has 0 amide bonds. The van der Waals surface area contributed by atoms with Crippen LogP contribution in [-0.4, -0.2) is 17.6 Å². The van der Waals surface area contributed by atoms with Crippen molar-refractivity contribution in [1.29, 1.82) is 0 Å². The van der Waals surface area contributed by atoms with Crippen LogP contribution >= 0.6 is 0 Å². The van der Waals surface area contributed by atoms with E-state index < -0.39 is 0 Å². The molecule has 0 saturated heterocycles. The van der Waals surface area contributed by atoms with Gasteiger partial charge in [-0.05, 0) is 56.9 Å². The molecule has 1 heterocycles. The van der Waals surface area contributed by atoms with Crippen molar-refractivity contribution in [3.8, 4) is 0 Å². The van der Waals surface area contributed by atoms with Crippen molar-refractivity contribution in [2.24, 2.45) is 0 Å². The van der Waals surface area contributed by atoms with Crippen LogP contribution in [0.2, 0.25) is 0 Å². The van der Waals surface area contributed by atoms with E-state index in [0.717, 1.165) is 24.6 Å². The number of aryl methyl sites for hydroxylation is 1. The fraction of sp³-hybridized carbons (Fsp3) is 0.500. The minimum Gasteiger partial charge on any atom is -0.383 e. The summed E-state index contributed by atoms with van der Waals surface area (Å²) in [7, 11) is 0. The second-order valence-electron chi connectivity index (χ2n) is 4.79. The molecule has 92 valence electrons. The van der Waals surface area contributed by atoms with E-state index in [2.05, 4.69) is 30.2 Å². The normalized spacial score (nSPS) is 16.2. The molecule has 0 bridgehead atoms. The third kappa shape index (κ3) is 3.30. The lowest BCUT2D eigenvalue weighted by Crippen LogP contribution is -2.16. The molecule has 1 aromatic rings. The zero-order chi connectivity index (χ0) is 12.3. The molecular formula is C14H21N3. The van der Waals surface area contributed by atoms with Gasteiger partial charge in [-0.15, -0.1) is 0 Å². The van der Waals surface area contributed by atoms with Gasteiger partial charge in [-0.1, -0.05) is 6.08 Å². The number of nitrogens with two attached hydrogens (primary N) is 1. The summed E-state index contributed by atoms with van der Waals surface area (Å²) in [4.78, 5) is 4.15. The van der Waals surface area contributed by atoms with E-state index in [1.54, 1.807) is 6.20 Å². The summed E-state index contributed by atoms with van der Waals surface area (Å²) in [6.07, 6.45) is 7.75. The Balaban J connectivity index is 1.96. The predicted octanol–water partition coefficient (Wildman–Crippen LogP) is 2.52. The van der Waals surface area contributed by atoms with Crippen molar-refractivity contribution in [3.63, 3.8) is 0 Å². The molecule has 3 N–H and O–H groups in total. The molecule has 1 aliphatic rings. The molecule has 0 radical (unpaired) electrons. The van der Waals surface area contributed by atoms with Gasteiger partial charge in [-0.2, -0.15) is 0 Å². The van der Waals surface area contributed by atoms with Crippen LogP contribution in [0.15, 0.2) is 18.3 Å². The molecule has 0 spiro atoms. The van der Waals surface area contributed by atoms with Crippen LogP contribution < -0.4 is 11.1 Å². The van der Waals surface area contributed by atoms with Gasteiger partial charge in [-0.25, -0.2) is 4.98 Å². The summed E-state index contributed by atoms with van der Waals surface area (Å²) in [6, 6.07) is 2.79. The summed E-state index contributed by atoms with van der Waals surface area (Å²) >= 11 is 0. The highest BCUT2D eigenvalue weighted by Gasteiger charge is 2.19. The first kappa shape index (κ1) is 12.1. The summed E-state index contributed by atoms with van der Waals surface area (Å²) in [5.74, 6) is 0.633. The highest BCUT2D eigenvalue weighted by Crippen LogP contribution is 2.23. The van der Waals surface area contributed by atoms with Gasteiger partial charge in [-0.3, -0.25) is 0 Å². The van der Waals surface area contributed by atoms with Crippen molar-refractivity contribution in [2.75, 3.05) is 12.3 Å². The van der Waals surface area contributed by atoms with Gasteiger partial charge in [0, 0.05) is 17.8 Å². The molecule has 17 heavy (non-hydrogen) atoms. The van der Waals surface area contributed by atoms with Crippen molar-refractivity contribution in [1.82, 2.24) is 10.3 Å². The number of hydrogen-bond acceptors (Lipinski definition) is 3. The van der Waals surface area contributed by atoms with Crippen LogP contribution in [0.25, 0.3) is 5.57 Å². The molecule has 0 unspecified atom stereocenters. The zero-order valence-electron chi connectivity index (χ0n) is 10.7. The second kappa shape index (κ2) is 5.32. The molecule has 1 aliphatic carbocycles. The van der Waals surface area contributed by atoms with Crippen molar-refractivity contribution in [2.45, 2.75) is 39.2 Å². The molecule has 1 aromatic heterocycles. The van der Waals surface area contributed by atoms with E-state index in [4.69, 9.17) is 5.73 Å². The lowest BCUT2D eigenvalue weighted by Gasteiger charge is -2.09. The average Bonchev–Trinajstić information content (AvgIpc) is 3.08. The van der Waals surface area contributed by atoms with Crippen LogP contribution in [0.4, 0.5) is 5.82 Å². The minimum atomic E-state index is 0.633. The highest BCUT2D eigenvalue weighted by molar-refractivity contribution is 5.73. The smallest absolute Gasteiger partial charge is 0.131 e. The lowest BCUT2D eigenvalue weighted by molar-refractivity contribution is 0.690. The fourth-order valence-electron chi connectivity index (χ4n) is 2.06. The third-order valence-electron chi connectivity index (χ3n) is 3.19. The van der Waals surface area contributed by atoms with E-state index in [0.29, 0.717) is 5.82 Å². The van der Waals surface area contributed by atoms with Gasteiger partial charge in [0.25, 0.3) is 0 Å². The van der Waals surface area contributed by atoms with Crippen molar-refractivity contribution < 1.29 is 0 Å². The third-order valence-corrected chi connectivity index (χ3v) is 3.19. The van der Waals surface area contributed by atoms with E-state index in [1.807, 2.05) is 6.07 Å². The topological polar surface area (TPSA) is 50.9 Å². The number of anilines is 1. The molecular weight excluding hydrogens is 210 g/mol. The number of rotatable bonds is 5. The minimum absolute atomic E-state index is 0.633. The van der Waals surface area contributed by atoms with E-state index in [-0.39, 0.29) is 0 Å². The molecule has 2 rings (SSSR count). The number of hydrogen-bond donors (Lipinski definition) is 2. The van der Waals surface area contributed by atoms with Crippen molar-refractivity contribution in [3.05, 3.63) is 29.5 Å². The first-order chi connectivity index (χ1) is 8.18. The van der Waals surface area contributed by atoms with Crippen LogP contribution in [0, 0.1) is 6.92 Å². The molecule has 3 nitrogen and oxygen atoms in total. The number of nitrogens with one attached hydrogen (secondary N) is 1. The first-order valence-electron chi connectivity index (χ1n) is 6.30. The standard InChI is InChI=1S/C14H21N3/c1-10(4-3-8-16-12-5-6-12)13-11(2)7-9-17-14(13)15/h4,7,9,12,16H,3,5-6,8H2,1-2H3,(H2,15,17). The fourth-order valence-corrected chi connectivity index (χ4v) is 2.06. The number of pyridine rings is 1. The number of nitrogens with zero attached hydrogens (tertiary/aromatic N) is 1. The van der Waals surface area contributed by atoms with Gasteiger partial charge in [0.15, 0.2) is 0 Å². The molecule has 1 fully saturated rings. The van der Waals surface area contributed by atoms with Crippen LogP contribution in [0.1, 0.15) is 37.3 Å². The van der Waals surface area contributed by atoms with E-state index in [1.165, 1.54) is 24.0 Å². The van der Waals surface area contributed by atoms with Gasteiger partial charge in [0.2, 0.25) is 0 Å². The highest BCUT2D eigenvalue weighted by atomic mass is 14.9. The van der Waals surface area contributed by atoms with E-state index in [9.17, 15) is 0 Å². The van der Waals surface area contributed by atoms with Gasteiger partial charge in [0.05, 0.1) is 0 Å². The Kier molecular flexibility index (Phi) is 3.79. The lowest BCUT2D eigenvalue weighted by atomic mass is 10.0. The molecule has 0 aromatic carbocycles. The average molecular weight is 231 g/mol. The van der Waals surface area contributed by atoms with Crippen LogP contribution in [0.5, 0.6) is 0 Å². The SMILES string of the molecule is CC(=CCCNC1CC1)c1c(C)ccnc1N. The Morgan fingerprint density at radius 3 is 3.00 bits per heavy atom. The predicted molar refractivity (Wildman–Crippen MR) is 72.7 cm³/mol. The summed E-state index contributed by atoms with van der Waals surface area (Å²) in [6.45, 7) is 5.24. The Bertz CT molecular complexity index is 399. The molecule has 0 aliphatic heterocycles. The van der Waals surface area contributed by atoms with Crippen LogP contribution in [-0.2, 0) is 0 Å². The monoisotopic (exact) mass is 231 g/mol. The van der Waals surface area contributed by atoms with Crippen molar-refractivity contribution >= 4 is 11.4 Å². The Morgan fingerprint density at radius 2 is 2.35 bits per heavy atom. The Hall–Kier alpha value is -1.35. The quantitative estimate of drug-likeness (QED) is 0.766. The Labute approximate surface area is 103 Å². The number of aromatic nitrogens is 1. The summed E-state index contributed by atoms with van der Waals surface area (Å²) in [5, 5.41) is 3.50. The first-order valence-corrected chi connectivity index (χ1v) is 6.30. The summed E-state index contributed by atoms with van der Waals surface area (Å²) < 4.78 is 0. The zero-order valence-corrected chi connectivity index (χ0v) is 10.7. The molecule has 1 saturated carbocycles. The maximum atomic E-state index is 5.92. The van der Waals surface area contributed by atoms with E-state index >= 15 is 0 Å². The molecule has 3 heteroatoms. The molecule has 0 atom stereocenters. The largest absolute Gasteiger partial charge is 0.383 e. The van der Waals surface area contributed by atoms with Gasteiger partial charge in [0.1, 0.15) is 5.82 Å².